The molecule has 0 aromatic carbocycles. The van der Waals surface area contributed by atoms with E-state index in [1.807, 2.05) is 24.8 Å². The van der Waals surface area contributed by atoms with Crippen LogP contribution >= 0.6 is 12.4 Å². The lowest BCUT2D eigenvalue weighted by Crippen LogP contribution is -2.36. The van der Waals surface area contributed by atoms with Crippen LogP contribution in [-0.4, -0.2) is 62.7 Å². The van der Waals surface area contributed by atoms with Crippen LogP contribution in [0.5, 0.6) is 0 Å². The number of aliphatic hydroxyl groups excluding tert-OH is 1. The summed E-state index contributed by atoms with van der Waals surface area (Å²) in [7, 11) is 6.74. The number of aliphatic hydroxyl groups is 1. The van der Waals surface area contributed by atoms with Crippen LogP contribution in [0.15, 0.2) is 49.1 Å². The Morgan fingerprint density at radius 1 is 0.818 bits per heavy atom. The maximum atomic E-state index is 8.06. The third kappa shape index (κ3) is 4.99. The molecule has 2 atom stereocenters. The molecule has 3 aromatic heterocycles. The third-order valence-electron chi connectivity index (χ3n) is 6.55. The molecule has 0 amide bonds. The number of rotatable bonds is 2. The molecule has 0 aliphatic carbocycles. The molecule has 0 unspecified atom stereocenters. The second-order valence-corrected chi connectivity index (χ2v) is 9.21. The third-order valence-corrected chi connectivity index (χ3v) is 6.55. The number of hydrogen-bond acceptors (Lipinski definition) is 5. The number of fused-ring (bicyclic) bond motifs is 3. The van der Waals surface area contributed by atoms with Crippen molar-refractivity contribution in [3.8, 4) is 0 Å². The van der Waals surface area contributed by atoms with Crippen LogP contribution in [0, 0.1) is 0 Å². The number of aromatic nitrogens is 3. The minimum Gasteiger partial charge on any atom is -0.394 e. The monoisotopic (exact) mass is 469 g/mol. The number of likely N-dealkylation sites (N-methyl/N-ethyl adjacent to an activating group) is 2. The number of nitrogens with zero attached hydrogens (tertiary/aromatic N) is 5. The van der Waals surface area contributed by atoms with Crippen LogP contribution < -0.4 is 0 Å². The number of hydrogen-bond donors (Lipinski definition) is 1. The summed E-state index contributed by atoms with van der Waals surface area (Å²) in [4.78, 5) is 13.8. The SMILES string of the molecule is CC(C)O.CN1CCc2c(c3c(n2C)CCN(C)[C@@H]3c2cccnc2)[C@H]1c1cccnc1.Cl. The van der Waals surface area contributed by atoms with Gasteiger partial charge in [0.05, 0.1) is 12.1 Å². The molecule has 0 bridgehead atoms. The Balaban J connectivity index is 0.000000569. The number of pyridine rings is 2. The predicted molar refractivity (Wildman–Crippen MR) is 135 cm³/mol. The molecule has 0 fully saturated rings. The summed E-state index contributed by atoms with van der Waals surface area (Å²) in [6, 6.07) is 9.04. The molecule has 2 aliphatic rings. The van der Waals surface area contributed by atoms with Gasteiger partial charge < -0.3 is 9.67 Å². The van der Waals surface area contributed by atoms with Crippen molar-refractivity contribution in [3.05, 3.63) is 82.7 Å². The minimum absolute atomic E-state index is 0. The molecule has 5 heterocycles. The van der Waals surface area contributed by atoms with Gasteiger partial charge in [0, 0.05) is 86.4 Å². The summed E-state index contributed by atoms with van der Waals surface area (Å²) in [5, 5.41) is 8.06. The molecule has 178 valence electrons. The first-order chi connectivity index (χ1) is 15.4. The fourth-order valence-corrected chi connectivity index (χ4v) is 5.23. The summed E-state index contributed by atoms with van der Waals surface area (Å²) >= 11 is 0. The van der Waals surface area contributed by atoms with Gasteiger partial charge in [0.25, 0.3) is 0 Å². The van der Waals surface area contributed by atoms with Gasteiger partial charge in [-0.2, -0.15) is 0 Å². The highest BCUT2D eigenvalue weighted by Crippen LogP contribution is 2.46. The highest BCUT2D eigenvalue weighted by Gasteiger charge is 2.39. The van der Waals surface area contributed by atoms with Crippen molar-refractivity contribution in [2.45, 2.75) is 44.9 Å². The first-order valence-electron chi connectivity index (χ1n) is 11.5. The Bertz CT molecular complexity index is 956. The Hall–Kier alpha value is -2.25. The van der Waals surface area contributed by atoms with Crippen molar-refractivity contribution in [1.82, 2.24) is 24.3 Å². The van der Waals surface area contributed by atoms with E-state index in [1.54, 1.807) is 13.8 Å². The zero-order valence-electron chi connectivity index (χ0n) is 20.3. The fraction of sp³-hybridized carbons (Fsp3) is 0.462. The van der Waals surface area contributed by atoms with Crippen molar-refractivity contribution in [3.63, 3.8) is 0 Å². The summed E-state index contributed by atoms with van der Waals surface area (Å²) in [6.07, 6.45) is 9.80. The van der Waals surface area contributed by atoms with Crippen molar-refractivity contribution in [1.29, 1.82) is 0 Å². The van der Waals surface area contributed by atoms with Gasteiger partial charge in [0.2, 0.25) is 0 Å². The normalized spacial score (nSPS) is 20.3. The topological polar surface area (TPSA) is 57.4 Å². The van der Waals surface area contributed by atoms with Crippen LogP contribution in [0.4, 0.5) is 0 Å². The maximum absolute atomic E-state index is 8.06. The van der Waals surface area contributed by atoms with Gasteiger partial charge in [-0.05, 0) is 51.2 Å². The first-order valence-corrected chi connectivity index (χ1v) is 11.5. The second kappa shape index (κ2) is 10.8. The summed E-state index contributed by atoms with van der Waals surface area (Å²) in [5.74, 6) is 0. The molecule has 0 radical (unpaired) electrons. The van der Waals surface area contributed by atoms with Gasteiger partial charge in [-0.25, -0.2) is 0 Å². The Morgan fingerprint density at radius 2 is 1.21 bits per heavy atom. The Labute approximate surface area is 203 Å². The lowest BCUT2D eigenvalue weighted by Gasteiger charge is -2.38. The van der Waals surface area contributed by atoms with E-state index in [9.17, 15) is 0 Å². The van der Waals surface area contributed by atoms with E-state index < -0.39 is 0 Å². The Morgan fingerprint density at radius 3 is 1.55 bits per heavy atom. The van der Waals surface area contributed by atoms with Gasteiger partial charge in [0.15, 0.2) is 0 Å². The average molecular weight is 470 g/mol. The van der Waals surface area contributed by atoms with E-state index in [0.717, 1.165) is 25.9 Å². The van der Waals surface area contributed by atoms with Gasteiger partial charge in [-0.15, -0.1) is 12.4 Å². The molecule has 33 heavy (non-hydrogen) atoms. The molecule has 5 rings (SSSR count). The van der Waals surface area contributed by atoms with Crippen molar-refractivity contribution >= 4 is 12.4 Å². The Kier molecular flexibility index (Phi) is 8.29. The zero-order chi connectivity index (χ0) is 22.8. The van der Waals surface area contributed by atoms with Crippen LogP contribution in [0.2, 0.25) is 0 Å². The minimum atomic E-state index is -0.167. The molecule has 0 saturated heterocycles. The van der Waals surface area contributed by atoms with E-state index in [4.69, 9.17) is 5.11 Å². The summed E-state index contributed by atoms with van der Waals surface area (Å²) in [6.45, 7) is 5.58. The average Bonchev–Trinajstić information content (AvgIpc) is 3.06. The lowest BCUT2D eigenvalue weighted by atomic mass is 9.84. The largest absolute Gasteiger partial charge is 0.394 e. The van der Waals surface area contributed by atoms with Crippen molar-refractivity contribution in [2.24, 2.45) is 7.05 Å². The van der Waals surface area contributed by atoms with E-state index in [2.05, 4.69) is 69.7 Å². The van der Waals surface area contributed by atoms with Crippen molar-refractivity contribution < 1.29 is 5.11 Å². The number of halogens is 1. The quantitative estimate of drug-likeness (QED) is 0.619. The molecule has 6 nitrogen and oxygen atoms in total. The smallest absolute Gasteiger partial charge is 0.0636 e. The van der Waals surface area contributed by atoms with E-state index >= 15 is 0 Å². The summed E-state index contributed by atoms with van der Waals surface area (Å²) < 4.78 is 2.48. The first kappa shape index (κ1) is 25.4. The van der Waals surface area contributed by atoms with Crippen LogP contribution in [-0.2, 0) is 19.9 Å². The lowest BCUT2D eigenvalue weighted by molar-refractivity contribution is 0.216. The van der Waals surface area contributed by atoms with Crippen LogP contribution in [0.1, 0.15) is 59.6 Å². The second-order valence-electron chi connectivity index (χ2n) is 9.21. The predicted octanol–water partition coefficient (Wildman–Crippen LogP) is 3.78. The van der Waals surface area contributed by atoms with E-state index in [1.165, 1.54) is 33.6 Å². The molecule has 0 saturated carbocycles. The maximum Gasteiger partial charge on any atom is 0.0636 e. The zero-order valence-corrected chi connectivity index (χ0v) is 21.1. The molecule has 2 aliphatic heterocycles. The molecular formula is C26H36ClN5O. The van der Waals surface area contributed by atoms with Crippen molar-refractivity contribution in [2.75, 3.05) is 27.2 Å². The molecule has 1 N–H and O–H groups in total. The molecular weight excluding hydrogens is 434 g/mol. The van der Waals surface area contributed by atoms with Gasteiger partial charge >= 0.3 is 0 Å². The standard InChI is InChI=1S/C23H27N5.C3H8O.ClH/c1-26-12-8-18-20(22(26)16-6-4-10-24-14-16)21-19(28(18)3)9-13-27(2)23(21)17-7-5-11-25-15-17;1-3(2)4;/h4-7,10-11,14-15,22-23H,8-9,12-13H2,1-3H3;3-4H,1-2H3;1H/t22-,23-;;/m1../s1. The van der Waals surface area contributed by atoms with Crippen LogP contribution in [0.3, 0.4) is 0 Å². The summed E-state index contributed by atoms with van der Waals surface area (Å²) in [5.41, 5.74) is 8.50. The molecule has 0 spiro atoms. The van der Waals surface area contributed by atoms with E-state index in [0.29, 0.717) is 0 Å². The van der Waals surface area contributed by atoms with Gasteiger partial charge in [0.1, 0.15) is 0 Å². The van der Waals surface area contributed by atoms with Crippen LogP contribution in [0.25, 0.3) is 0 Å². The van der Waals surface area contributed by atoms with E-state index in [-0.39, 0.29) is 30.6 Å². The van der Waals surface area contributed by atoms with Gasteiger partial charge in [-0.3, -0.25) is 19.8 Å². The highest BCUT2D eigenvalue weighted by atomic mass is 35.5. The molecule has 7 heteroatoms. The highest BCUT2D eigenvalue weighted by molar-refractivity contribution is 5.85. The fourth-order valence-electron chi connectivity index (χ4n) is 5.23. The molecule has 3 aromatic rings. The van der Waals surface area contributed by atoms with Gasteiger partial charge in [-0.1, -0.05) is 12.1 Å².